The van der Waals surface area contributed by atoms with E-state index >= 15 is 0 Å². The molecule has 0 radical (unpaired) electrons. The fourth-order valence-corrected chi connectivity index (χ4v) is 3.69. The van der Waals surface area contributed by atoms with Gasteiger partial charge in [-0.25, -0.2) is 0 Å². The average molecular weight is 370 g/mol. The van der Waals surface area contributed by atoms with E-state index in [9.17, 15) is 0 Å². The van der Waals surface area contributed by atoms with E-state index in [4.69, 9.17) is 17.0 Å². The van der Waals surface area contributed by atoms with Crippen LogP contribution in [0.5, 0.6) is 5.75 Å². The van der Waals surface area contributed by atoms with E-state index in [-0.39, 0.29) is 0 Å². The number of benzene rings is 2. The molecule has 0 aromatic heterocycles. The van der Waals surface area contributed by atoms with Crippen LogP contribution in [0, 0.1) is 19.8 Å². The molecule has 26 heavy (non-hydrogen) atoms. The average Bonchev–Trinajstić information content (AvgIpc) is 3.08. The zero-order valence-electron chi connectivity index (χ0n) is 15.7. The van der Waals surface area contributed by atoms with Crippen molar-refractivity contribution in [2.75, 3.05) is 37.0 Å². The lowest BCUT2D eigenvalue weighted by Crippen LogP contribution is -2.34. The lowest BCUT2D eigenvalue weighted by Gasteiger charge is -2.19. The number of nitrogens with zero attached hydrogens (tertiary/aromatic N) is 1. The number of methoxy groups -OCH3 is 1. The molecular weight excluding hydrogens is 342 g/mol. The molecule has 0 bridgehead atoms. The number of hydrogen-bond acceptors (Lipinski definition) is 3. The zero-order chi connectivity index (χ0) is 18.5. The van der Waals surface area contributed by atoms with Gasteiger partial charge in [0.1, 0.15) is 5.75 Å². The van der Waals surface area contributed by atoms with Gasteiger partial charge < -0.3 is 20.3 Å². The summed E-state index contributed by atoms with van der Waals surface area (Å²) >= 11 is 5.46. The molecule has 0 spiro atoms. The SMILES string of the molecule is COc1ccc(N2CC[C@@H](CNC(=S)Nc3cc(C)cc(C)c3)C2)cc1. The van der Waals surface area contributed by atoms with Crippen LogP contribution in [0.3, 0.4) is 0 Å². The van der Waals surface area contributed by atoms with E-state index in [1.807, 2.05) is 12.1 Å². The molecule has 1 aliphatic heterocycles. The monoisotopic (exact) mass is 369 g/mol. The summed E-state index contributed by atoms with van der Waals surface area (Å²) in [6.45, 7) is 7.21. The minimum atomic E-state index is 0.594. The Bertz CT molecular complexity index is 740. The normalized spacial score (nSPS) is 16.4. The standard InChI is InChI=1S/C21H27N3OS/c1-15-10-16(2)12-18(11-15)23-21(26)22-13-17-8-9-24(14-17)19-4-6-20(25-3)7-5-19/h4-7,10-12,17H,8-9,13-14H2,1-3H3,(H2,22,23,26)/t17-/m0/s1. The van der Waals surface area contributed by atoms with Crippen molar-refractivity contribution in [1.29, 1.82) is 0 Å². The van der Waals surface area contributed by atoms with Gasteiger partial charge in [0, 0.05) is 31.0 Å². The van der Waals surface area contributed by atoms with Crippen LogP contribution < -0.4 is 20.3 Å². The summed E-state index contributed by atoms with van der Waals surface area (Å²) in [4.78, 5) is 2.42. The lowest BCUT2D eigenvalue weighted by atomic mass is 10.1. The first-order valence-corrected chi connectivity index (χ1v) is 9.46. The van der Waals surface area contributed by atoms with Crippen molar-refractivity contribution in [3.8, 4) is 5.75 Å². The molecule has 138 valence electrons. The third-order valence-electron chi connectivity index (χ3n) is 4.75. The molecule has 1 aliphatic rings. The summed E-state index contributed by atoms with van der Waals surface area (Å²) in [6, 6.07) is 14.7. The maximum Gasteiger partial charge on any atom is 0.170 e. The maximum atomic E-state index is 5.46. The molecule has 0 unspecified atom stereocenters. The predicted octanol–water partition coefficient (Wildman–Crippen LogP) is 4.12. The largest absolute Gasteiger partial charge is 0.497 e. The number of anilines is 2. The van der Waals surface area contributed by atoms with Gasteiger partial charge in [-0.2, -0.15) is 0 Å². The van der Waals surface area contributed by atoms with E-state index in [0.717, 1.165) is 31.1 Å². The number of ether oxygens (including phenoxy) is 1. The topological polar surface area (TPSA) is 36.5 Å². The lowest BCUT2D eigenvalue weighted by molar-refractivity contribution is 0.415. The second-order valence-electron chi connectivity index (χ2n) is 7.01. The van der Waals surface area contributed by atoms with E-state index in [0.29, 0.717) is 11.0 Å². The smallest absolute Gasteiger partial charge is 0.170 e. The van der Waals surface area contributed by atoms with Crippen molar-refractivity contribution in [1.82, 2.24) is 5.32 Å². The highest BCUT2D eigenvalue weighted by molar-refractivity contribution is 7.80. The number of thiocarbonyl (C=S) groups is 1. The van der Waals surface area contributed by atoms with Crippen LogP contribution >= 0.6 is 12.2 Å². The van der Waals surface area contributed by atoms with E-state index in [1.54, 1.807) is 7.11 Å². The van der Waals surface area contributed by atoms with E-state index in [2.05, 4.69) is 59.7 Å². The van der Waals surface area contributed by atoms with Crippen molar-refractivity contribution >= 4 is 28.7 Å². The van der Waals surface area contributed by atoms with Gasteiger partial charge in [0.05, 0.1) is 7.11 Å². The van der Waals surface area contributed by atoms with Crippen molar-refractivity contribution in [3.05, 3.63) is 53.6 Å². The first-order valence-electron chi connectivity index (χ1n) is 9.05. The third-order valence-corrected chi connectivity index (χ3v) is 5.00. The number of aryl methyl sites for hydroxylation is 2. The number of nitrogens with one attached hydrogen (secondary N) is 2. The summed E-state index contributed by atoms with van der Waals surface area (Å²) in [5.74, 6) is 1.49. The highest BCUT2D eigenvalue weighted by Gasteiger charge is 2.22. The Hall–Kier alpha value is -2.27. The predicted molar refractivity (Wildman–Crippen MR) is 113 cm³/mol. The molecule has 2 aromatic carbocycles. The Kier molecular flexibility index (Phi) is 5.99. The van der Waals surface area contributed by atoms with Crippen LogP contribution in [0.2, 0.25) is 0 Å². The molecule has 2 aromatic rings. The van der Waals surface area contributed by atoms with Crippen LogP contribution in [-0.2, 0) is 0 Å². The highest BCUT2D eigenvalue weighted by atomic mass is 32.1. The Morgan fingerprint density at radius 3 is 2.50 bits per heavy atom. The van der Waals surface area contributed by atoms with Crippen LogP contribution in [0.15, 0.2) is 42.5 Å². The van der Waals surface area contributed by atoms with Crippen molar-refractivity contribution < 1.29 is 4.74 Å². The van der Waals surface area contributed by atoms with E-state index in [1.165, 1.54) is 23.2 Å². The van der Waals surface area contributed by atoms with Gasteiger partial charge in [-0.3, -0.25) is 0 Å². The minimum Gasteiger partial charge on any atom is -0.497 e. The molecule has 5 heteroatoms. The minimum absolute atomic E-state index is 0.594. The van der Waals surface area contributed by atoms with Gasteiger partial charge in [-0.05, 0) is 85.9 Å². The summed E-state index contributed by atoms with van der Waals surface area (Å²) in [7, 11) is 1.70. The van der Waals surface area contributed by atoms with Crippen molar-refractivity contribution in [2.24, 2.45) is 5.92 Å². The van der Waals surface area contributed by atoms with E-state index < -0.39 is 0 Å². The molecule has 1 heterocycles. The van der Waals surface area contributed by atoms with Gasteiger partial charge >= 0.3 is 0 Å². The highest BCUT2D eigenvalue weighted by Crippen LogP contribution is 2.25. The molecular formula is C21H27N3OS. The maximum absolute atomic E-state index is 5.46. The molecule has 4 nitrogen and oxygen atoms in total. The quantitative estimate of drug-likeness (QED) is 0.775. The second-order valence-corrected chi connectivity index (χ2v) is 7.42. The summed E-state index contributed by atoms with van der Waals surface area (Å²) < 4.78 is 5.23. The molecule has 1 atom stereocenters. The summed E-state index contributed by atoms with van der Waals surface area (Å²) in [5, 5.41) is 7.36. The Morgan fingerprint density at radius 2 is 1.85 bits per heavy atom. The fraction of sp³-hybridized carbons (Fsp3) is 0.381. The third kappa shape index (κ3) is 4.88. The zero-order valence-corrected chi connectivity index (χ0v) is 16.5. The molecule has 1 saturated heterocycles. The molecule has 0 amide bonds. The fourth-order valence-electron chi connectivity index (χ4n) is 3.49. The molecule has 0 saturated carbocycles. The molecule has 0 aliphatic carbocycles. The van der Waals surface area contributed by atoms with Crippen molar-refractivity contribution in [2.45, 2.75) is 20.3 Å². The molecule has 2 N–H and O–H groups in total. The first kappa shape index (κ1) is 18.5. The number of hydrogen-bond donors (Lipinski definition) is 2. The van der Waals surface area contributed by atoms with Crippen molar-refractivity contribution in [3.63, 3.8) is 0 Å². The Morgan fingerprint density at radius 1 is 1.15 bits per heavy atom. The summed E-state index contributed by atoms with van der Waals surface area (Å²) in [5.41, 5.74) is 4.78. The van der Waals surface area contributed by atoms with Crippen LogP contribution in [0.25, 0.3) is 0 Å². The van der Waals surface area contributed by atoms with Gasteiger partial charge in [-0.1, -0.05) is 6.07 Å². The van der Waals surface area contributed by atoms with Gasteiger partial charge in [0.15, 0.2) is 5.11 Å². The summed E-state index contributed by atoms with van der Waals surface area (Å²) in [6.07, 6.45) is 1.17. The Labute approximate surface area is 161 Å². The first-order chi connectivity index (χ1) is 12.5. The van der Waals surface area contributed by atoms with Gasteiger partial charge in [-0.15, -0.1) is 0 Å². The second kappa shape index (κ2) is 8.41. The van der Waals surface area contributed by atoms with Gasteiger partial charge in [0.2, 0.25) is 0 Å². The molecule has 3 rings (SSSR count). The Balaban J connectivity index is 1.47. The van der Waals surface area contributed by atoms with Crippen LogP contribution in [0.4, 0.5) is 11.4 Å². The number of rotatable bonds is 5. The van der Waals surface area contributed by atoms with Crippen LogP contribution in [-0.4, -0.2) is 31.9 Å². The molecule has 1 fully saturated rings. The van der Waals surface area contributed by atoms with Crippen LogP contribution in [0.1, 0.15) is 17.5 Å². The van der Waals surface area contributed by atoms with Gasteiger partial charge in [0.25, 0.3) is 0 Å².